The molecular formula is C10H13ClN2O2. The van der Waals surface area contributed by atoms with Gasteiger partial charge in [-0.15, -0.1) is 0 Å². The van der Waals surface area contributed by atoms with Crippen LogP contribution in [0.3, 0.4) is 0 Å². The van der Waals surface area contributed by atoms with Crippen molar-refractivity contribution < 1.29 is 9.53 Å². The fourth-order valence-electron chi connectivity index (χ4n) is 1.10. The first-order chi connectivity index (χ1) is 7.17. The Hall–Kier alpha value is -1.42. The fraction of sp³-hybridized carbons (Fsp3) is 0.300. The molecule has 0 bridgehead atoms. The van der Waals surface area contributed by atoms with Gasteiger partial charge >= 0.3 is 6.03 Å². The van der Waals surface area contributed by atoms with Crippen LogP contribution in [0.25, 0.3) is 0 Å². The summed E-state index contributed by atoms with van der Waals surface area (Å²) >= 11 is 5.81. The van der Waals surface area contributed by atoms with Crippen molar-refractivity contribution in [2.45, 2.75) is 6.92 Å². The van der Waals surface area contributed by atoms with Crippen LogP contribution in [0.4, 0.5) is 10.5 Å². The summed E-state index contributed by atoms with van der Waals surface area (Å²) in [5, 5.41) is 5.80. The Morgan fingerprint density at radius 1 is 1.53 bits per heavy atom. The van der Waals surface area contributed by atoms with Gasteiger partial charge in [-0.3, -0.25) is 0 Å². The summed E-state index contributed by atoms with van der Waals surface area (Å²) in [6.45, 7) is 2.41. The van der Waals surface area contributed by atoms with Crippen LogP contribution in [0.15, 0.2) is 18.2 Å². The van der Waals surface area contributed by atoms with Gasteiger partial charge in [0.1, 0.15) is 5.75 Å². The Bertz CT molecular complexity index is 355. The van der Waals surface area contributed by atoms with Gasteiger partial charge in [-0.05, 0) is 25.1 Å². The van der Waals surface area contributed by atoms with E-state index in [4.69, 9.17) is 16.3 Å². The number of ether oxygens (including phenoxy) is 1. The lowest BCUT2D eigenvalue weighted by atomic mass is 10.3. The van der Waals surface area contributed by atoms with Gasteiger partial charge in [-0.2, -0.15) is 0 Å². The lowest BCUT2D eigenvalue weighted by molar-refractivity contribution is 0.252. The molecule has 1 rings (SSSR count). The van der Waals surface area contributed by atoms with Crippen LogP contribution in [-0.4, -0.2) is 19.7 Å². The van der Waals surface area contributed by atoms with E-state index in [1.54, 1.807) is 18.2 Å². The molecule has 1 aromatic rings. The molecule has 0 fully saturated rings. The topological polar surface area (TPSA) is 50.4 Å². The highest BCUT2D eigenvalue weighted by Gasteiger charge is 2.06. The maximum atomic E-state index is 11.3. The van der Waals surface area contributed by atoms with E-state index < -0.39 is 0 Å². The molecule has 2 N–H and O–H groups in total. The maximum Gasteiger partial charge on any atom is 0.319 e. The van der Waals surface area contributed by atoms with Crippen molar-refractivity contribution in [1.29, 1.82) is 0 Å². The number of urea groups is 1. The van der Waals surface area contributed by atoms with Crippen LogP contribution in [0.5, 0.6) is 5.75 Å². The first-order valence-corrected chi connectivity index (χ1v) is 4.93. The predicted molar refractivity (Wildman–Crippen MR) is 60.7 cm³/mol. The Morgan fingerprint density at radius 2 is 2.27 bits per heavy atom. The zero-order valence-electron chi connectivity index (χ0n) is 8.63. The molecule has 5 heteroatoms. The summed E-state index contributed by atoms with van der Waals surface area (Å²) in [4.78, 5) is 11.3. The first kappa shape index (κ1) is 11.7. The Balaban J connectivity index is 2.82. The molecule has 0 unspecified atom stereocenters. The minimum atomic E-state index is -0.280. The van der Waals surface area contributed by atoms with E-state index in [-0.39, 0.29) is 6.03 Å². The average Bonchev–Trinajstić information content (AvgIpc) is 2.18. The van der Waals surface area contributed by atoms with E-state index >= 15 is 0 Å². The number of methoxy groups -OCH3 is 1. The minimum Gasteiger partial charge on any atom is -0.495 e. The molecule has 0 saturated heterocycles. The fourth-order valence-corrected chi connectivity index (χ4v) is 1.28. The molecule has 0 aliphatic heterocycles. The molecule has 0 aliphatic rings. The van der Waals surface area contributed by atoms with Gasteiger partial charge in [0.05, 0.1) is 12.8 Å². The summed E-state index contributed by atoms with van der Waals surface area (Å²) < 4.78 is 5.08. The Morgan fingerprint density at radius 3 is 2.87 bits per heavy atom. The van der Waals surface area contributed by atoms with Crippen molar-refractivity contribution in [3.63, 3.8) is 0 Å². The molecule has 0 atom stereocenters. The van der Waals surface area contributed by atoms with Crippen LogP contribution in [0, 0.1) is 0 Å². The maximum absolute atomic E-state index is 11.3. The molecule has 0 spiro atoms. The van der Waals surface area contributed by atoms with Crippen molar-refractivity contribution in [1.82, 2.24) is 5.32 Å². The van der Waals surface area contributed by atoms with Crippen LogP contribution >= 0.6 is 11.6 Å². The lowest BCUT2D eigenvalue weighted by Gasteiger charge is -2.10. The second kappa shape index (κ2) is 5.46. The van der Waals surface area contributed by atoms with Crippen molar-refractivity contribution >= 4 is 23.3 Å². The van der Waals surface area contributed by atoms with Crippen molar-refractivity contribution in [3.8, 4) is 5.75 Å². The number of carbonyl (C=O) groups is 1. The number of benzene rings is 1. The second-order valence-corrected chi connectivity index (χ2v) is 3.27. The molecule has 0 aliphatic carbocycles. The van der Waals surface area contributed by atoms with E-state index in [1.807, 2.05) is 6.92 Å². The molecule has 0 radical (unpaired) electrons. The molecule has 0 heterocycles. The number of nitrogens with one attached hydrogen (secondary N) is 2. The van der Waals surface area contributed by atoms with Crippen molar-refractivity contribution in [3.05, 3.63) is 23.2 Å². The van der Waals surface area contributed by atoms with Crippen LogP contribution in [-0.2, 0) is 0 Å². The molecule has 2 amide bonds. The SMILES string of the molecule is CCNC(=O)Nc1cc(Cl)ccc1OC. The highest BCUT2D eigenvalue weighted by Crippen LogP contribution is 2.27. The normalized spacial score (nSPS) is 9.53. The number of rotatable bonds is 3. The second-order valence-electron chi connectivity index (χ2n) is 2.83. The lowest BCUT2D eigenvalue weighted by Crippen LogP contribution is -2.28. The third-order valence-corrected chi connectivity index (χ3v) is 1.98. The largest absolute Gasteiger partial charge is 0.495 e. The number of anilines is 1. The number of hydrogen-bond donors (Lipinski definition) is 2. The third-order valence-electron chi connectivity index (χ3n) is 1.75. The molecule has 4 nitrogen and oxygen atoms in total. The van der Waals surface area contributed by atoms with E-state index in [9.17, 15) is 4.79 Å². The highest BCUT2D eigenvalue weighted by molar-refractivity contribution is 6.31. The number of amides is 2. The highest BCUT2D eigenvalue weighted by atomic mass is 35.5. The van der Waals surface area contributed by atoms with Gasteiger partial charge in [-0.25, -0.2) is 4.79 Å². The standard InChI is InChI=1S/C10H13ClN2O2/c1-3-12-10(14)13-8-6-7(11)4-5-9(8)15-2/h4-6H,3H2,1-2H3,(H2,12,13,14). The molecule has 1 aromatic carbocycles. The summed E-state index contributed by atoms with van der Waals surface area (Å²) in [5.41, 5.74) is 0.552. The third kappa shape index (κ3) is 3.32. The number of hydrogen-bond acceptors (Lipinski definition) is 2. The van der Waals surface area contributed by atoms with Crippen molar-refractivity contribution in [2.24, 2.45) is 0 Å². The summed E-state index contributed by atoms with van der Waals surface area (Å²) in [7, 11) is 1.53. The summed E-state index contributed by atoms with van der Waals surface area (Å²) in [6, 6.07) is 4.75. The van der Waals surface area contributed by atoms with E-state index in [0.29, 0.717) is 23.0 Å². The zero-order valence-corrected chi connectivity index (χ0v) is 9.39. The number of halogens is 1. The average molecular weight is 229 g/mol. The van der Waals surface area contributed by atoms with Gasteiger partial charge in [0.2, 0.25) is 0 Å². The Kier molecular flexibility index (Phi) is 4.24. The number of carbonyl (C=O) groups excluding carboxylic acids is 1. The van der Waals surface area contributed by atoms with Gasteiger partial charge in [0.15, 0.2) is 0 Å². The monoisotopic (exact) mass is 228 g/mol. The van der Waals surface area contributed by atoms with Gasteiger partial charge in [0, 0.05) is 11.6 Å². The Labute approximate surface area is 93.6 Å². The minimum absolute atomic E-state index is 0.280. The van der Waals surface area contributed by atoms with E-state index in [0.717, 1.165) is 0 Å². The molecule has 0 aromatic heterocycles. The van der Waals surface area contributed by atoms with E-state index in [1.165, 1.54) is 7.11 Å². The zero-order chi connectivity index (χ0) is 11.3. The first-order valence-electron chi connectivity index (χ1n) is 4.55. The van der Waals surface area contributed by atoms with Gasteiger partial charge in [-0.1, -0.05) is 11.6 Å². The molecule has 0 saturated carbocycles. The quantitative estimate of drug-likeness (QED) is 0.835. The summed E-state index contributed by atoms with van der Waals surface area (Å²) in [6.07, 6.45) is 0. The predicted octanol–water partition coefficient (Wildman–Crippen LogP) is 2.49. The molecule has 82 valence electrons. The van der Waals surface area contributed by atoms with Crippen LogP contribution < -0.4 is 15.4 Å². The van der Waals surface area contributed by atoms with Crippen molar-refractivity contribution in [2.75, 3.05) is 19.0 Å². The summed E-state index contributed by atoms with van der Waals surface area (Å²) in [5.74, 6) is 0.575. The van der Waals surface area contributed by atoms with E-state index in [2.05, 4.69) is 10.6 Å². The van der Waals surface area contributed by atoms with Crippen LogP contribution in [0.2, 0.25) is 5.02 Å². The van der Waals surface area contributed by atoms with Gasteiger partial charge < -0.3 is 15.4 Å². The van der Waals surface area contributed by atoms with Gasteiger partial charge in [0.25, 0.3) is 0 Å². The smallest absolute Gasteiger partial charge is 0.319 e. The molecule has 15 heavy (non-hydrogen) atoms. The van der Waals surface area contributed by atoms with Crippen LogP contribution in [0.1, 0.15) is 6.92 Å². The molecular weight excluding hydrogens is 216 g/mol.